The summed E-state index contributed by atoms with van der Waals surface area (Å²) < 4.78 is 2.63. The molecular weight excluding hydrogens is 254 g/mol. The summed E-state index contributed by atoms with van der Waals surface area (Å²) in [6.45, 7) is 2.51. The van der Waals surface area contributed by atoms with Gasteiger partial charge in [0.2, 0.25) is 0 Å². The summed E-state index contributed by atoms with van der Waals surface area (Å²) in [6.07, 6.45) is 4.56. The lowest BCUT2D eigenvalue weighted by Gasteiger charge is -2.08. The predicted octanol–water partition coefficient (Wildman–Crippen LogP) is 1.13. The zero-order valence-electron chi connectivity index (χ0n) is 9.84. The SMILES string of the molecule is CCn1ccc(=O)n(Cc2ccncc2Cl)c1=O. The Morgan fingerprint density at radius 3 is 2.78 bits per heavy atom. The first-order valence-corrected chi connectivity index (χ1v) is 5.90. The third kappa shape index (κ3) is 2.36. The summed E-state index contributed by atoms with van der Waals surface area (Å²) in [7, 11) is 0. The molecule has 0 spiro atoms. The molecule has 0 aliphatic carbocycles. The van der Waals surface area contributed by atoms with Gasteiger partial charge < -0.3 is 4.57 Å². The first kappa shape index (κ1) is 12.6. The highest BCUT2D eigenvalue weighted by Crippen LogP contribution is 2.13. The van der Waals surface area contributed by atoms with Crippen LogP contribution in [-0.4, -0.2) is 14.1 Å². The lowest BCUT2D eigenvalue weighted by molar-refractivity contribution is 0.600. The van der Waals surface area contributed by atoms with Gasteiger partial charge in [0.05, 0.1) is 11.6 Å². The van der Waals surface area contributed by atoms with Crippen molar-refractivity contribution in [2.75, 3.05) is 0 Å². The molecule has 0 amide bonds. The summed E-state index contributed by atoms with van der Waals surface area (Å²) in [5.41, 5.74) is 0.0233. The third-order valence-electron chi connectivity index (χ3n) is 2.67. The van der Waals surface area contributed by atoms with Crippen LogP contribution in [0.4, 0.5) is 0 Å². The highest BCUT2D eigenvalue weighted by atomic mass is 35.5. The zero-order valence-corrected chi connectivity index (χ0v) is 10.6. The molecular formula is C12H12ClN3O2. The lowest BCUT2D eigenvalue weighted by Crippen LogP contribution is -2.39. The van der Waals surface area contributed by atoms with E-state index in [0.29, 0.717) is 17.1 Å². The van der Waals surface area contributed by atoms with Crippen molar-refractivity contribution in [3.63, 3.8) is 0 Å². The van der Waals surface area contributed by atoms with Gasteiger partial charge in [-0.25, -0.2) is 4.79 Å². The Balaban J connectivity index is 2.50. The van der Waals surface area contributed by atoms with Gasteiger partial charge in [-0.05, 0) is 18.6 Å². The standard InChI is InChI=1S/C12H12ClN3O2/c1-2-15-6-4-11(17)16(12(15)18)8-9-3-5-14-7-10(9)13/h3-7H,2,8H2,1H3. The van der Waals surface area contributed by atoms with Gasteiger partial charge in [-0.15, -0.1) is 0 Å². The molecule has 6 heteroatoms. The maximum atomic E-state index is 12.0. The quantitative estimate of drug-likeness (QED) is 0.836. The molecule has 0 saturated heterocycles. The summed E-state index contributed by atoms with van der Waals surface area (Å²) in [6, 6.07) is 3.07. The van der Waals surface area contributed by atoms with Crippen LogP contribution in [0.3, 0.4) is 0 Å². The van der Waals surface area contributed by atoms with Gasteiger partial charge >= 0.3 is 5.69 Å². The molecule has 2 aromatic heterocycles. The minimum Gasteiger partial charge on any atom is -0.301 e. The number of halogens is 1. The van der Waals surface area contributed by atoms with Crippen LogP contribution in [0.2, 0.25) is 5.02 Å². The predicted molar refractivity (Wildman–Crippen MR) is 69.0 cm³/mol. The van der Waals surface area contributed by atoms with E-state index >= 15 is 0 Å². The number of aryl methyl sites for hydroxylation is 1. The van der Waals surface area contributed by atoms with E-state index in [0.717, 1.165) is 4.57 Å². The summed E-state index contributed by atoms with van der Waals surface area (Å²) in [5.74, 6) is 0. The van der Waals surface area contributed by atoms with Gasteiger partial charge in [-0.2, -0.15) is 0 Å². The van der Waals surface area contributed by atoms with Crippen LogP contribution in [0.1, 0.15) is 12.5 Å². The number of hydrogen-bond acceptors (Lipinski definition) is 3. The van der Waals surface area contributed by atoms with Gasteiger partial charge in [0.25, 0.3) is 5.56 Å². The highest BCUT2D eigenvalue weighted by Gasteiger charge is 2.07. The van der Waals surface area contributed by atoms with Crippen molar-refractivity contribution in [3.8, 4) is 0 Å². The smallest absolute Gasteiger partial charge is 0.301 e. The highest BCUT2D eigenvalue weighted by molar-refractivity contribution is 6.31. The Morgan fingerprint density at radius 2 is 2.11 bits per heavy atom. The van der Waals surface area contributed by atoms with Crippen molar-refractivity contribution in [3.05, 3.63) is 62.1 Å². The molecule has 2 rings (SSSR count). The molecule has 94 valence electrons. The van der Waals surface area contributed by atoms with Crippen LogP contribution in [0, 0.1) is 0 Å². The second kappa shape index (κ2) is 5.18. The monoisotopic (exact) mass is 265 g/mol. The largest absolute Gasteiger partial charge is 0.331 e. The number of pyridine rings is 1. The van der Waals surface area contributed by atoms with Crippen molar-refractivity contribution in [2.45, 2.75) is 20.0 Å². The van der Waals surface area contributed by atoms with Crippen LogP contribution in [0.15, 0.2) is 40.3 Å². The fourth-order valence-electron chi connectivity index (χ4n) is 1.65. The fourth-order valence-corrected chi connectivity index (χ4v) is 1.82. The van der Waals surface area contributed by atoms with E-state index in [4.69, 9.17) is 11.6 Å². The second-order valence-electron chi connectivity index (χ2n) is 3.78. The molecule has 5 nitrogen and oxygen atoms in total. The third-order valence-corrected chi connectivity index (χ3v) is 3.01. The molecule has 0 saturated carbocycles. The van der Waals surface area contributed by atoms with E-state index in [9.17, 15) is 9.59 Å². The molecule has 18 heavy (non-hydrogen) atoms. The van der Waals surface area contributed by atoms with E-state index in [-0.39, 0.29) is 17.8 Å². The Kier molecular flexibility index (Phi) is 3.62. The molecule has 0 unspecified atom stereocenters. The van der Waals surface area contributed by atoms with Gasteiger partial charge in [0.15, 0.2) is 0 Å². The average molecular weight is 266 g/mol. The van der Waals surface area contributed by atoms with E-state index in [1.807, 2.05) is 6.92 Å². The maximum absolute atomic E-state index is 12.0. The molecule has 0 N–H and O–H groups in total. The van der Waals surface area contributed by atoms with Crippen molar-refractivity contribution in [2.24, 2.45) is 0 Å². The number of rotatable bonds is 3. The lowest BCUT2D eigenvalue weighted by atomic mass is 10.2. The van der Waals surface area contributed by atoms with Crippen LogP contribution in [0.5, 0.6) is 0 Å². The Hall–Kier alpha value is -1.88. The van der Waals surface area contributed by atoms with Gasteiger partial charge in [0.1, 0.15) is 0 Å². The summed E-state index contributed by atoms with van der Waals surface area (Å²) >= 11 is 5.97. The summed E-state index contributed by atoms with van der Waals surface area (Å²) in [5, 5.41) is 0.440. The Labute approximate surface area is 108 Å². The first-order chi connectivity index (χ1) is 8.63. The summed E-state index contributed by atoms with van der Waals surface area (Å²) in [4.78, 5) is 27.6. The molecule has 2 aromatic rings. The van der Waals surface area contributed by atoms with Crippen LogP contribution in [0.25, 0.3) is 0 Å². The van der Waals surface area contributed by atoms with Crippen molar-refractivity contribution in [1.82, 2.24) is 14.1 Å². The molecule has 0 fully saturated rings. The molecule has 0 bridgehead atoms. The van der Waals surface area contributed by atoms with E-state index in [1.165, 1.54) is 23.0 Å². The van der Waals surface area contributed by atoms with Crippen LogP contribution in [-0.2, 0) is 13.1 Å². The van der Waals surface area contributed by atoms with E-state index in [1.54, 1.807) is 12.3 Å². The molecule has 0 aliphatic rings. The van der Waals surface area contributed by atoms with Crippen molar-refractivity contribution in [1.29, 1.82) is 0 Å². The Bertz CT molecular complexity index is 676. The number of aromatic nitrogens is 3. The van der Waals surface area contributed by atoms with E-state index < -0.39 is 0 Å². The van der Waals surface area contributed by atoms with Crippen molar-refractivity contribution >= 4 is 11.6 Å². The van der Waals surface area contributed by atoms with Gasteiger partial charge in [0, 0.05) is 31.2 Å². The molecule has 0 radical (unpaired) electrons. The van der Waals surface area contributed by atoms with Crippen LogP contribution >= 0.6 is 11.6 Å². The maximum Gasteiger partial charge on any atom is 0.331 e. The minimum atomic E-state index is -0.336. The second-order valence-corrected chi connectivity index (χ2v) is 4.18. The molecule has 2 heterocycles. The van der Waals surface area contributed by atoms with Gasteiger partial charge in [-0.1, -0.05) is 11.6 Å². The zero-order chi connectivity index (χ0) is 13.1. The van der Waals surface area contributed by atoms with Gasteiger partial charge in [-0.3, -0.25) is 14.3 Å². The van der Waals surface area contributed by atoms with E-state index in [2.05, 4.69) is 4.98 Å². The minimum absolute atomic E-state index is 0.153. The Morgan fingerprint density at radius 1 is 1.33 bits per heavy atom. The molecule has 0 aliphatic heterocycles. The van der Waals surface area contributed by atoms with Crippen LogP contribution < -0.4 is 11.2 Å². The molecule has 0 aromatic carbocycles. The van der Waals surface area contributed by atoms with Crippen molar-refractivity contribution < 1.29 is 0 Å². The molecule has 0 atom stereocenters. The number of nitrogens with zero attached hydrogens (tertiary/aromatic N) is 3. The fraction of sp³-hybridized carbons (Fsp3) is 0.250. The topological polar surface area (TPSA) is 56.9 Å². The average Bonchev–Trinajstić information content (AvgIpc) is 2.37. The number of hydrogen-bond donors (Lipinski definition) is 0. The normalized spacial score (nSPS) is 10.6. The first-order valence-electron chi connectivity index (χ1n) is 5.52.